The summed E-state index contributed by atoms with van der Waals surface area (Å²) in [5.41, 5.74) is 0. The topological polar surface area (TPSA) is 41.1 Å². The summed E-state index contributed by atoms with van der Waals surface area (Å²) in [6, 6.07) is 0.630. The van der Waals surface area contributed by atoms with Crippen LogP contribution in [0.15, 0.2) is 0 Å². The van der Waals surface area contributed by atoms with Crippen molar-refractivity contribution in [2.75, 3.05) is 13.1 Å². The Labute approximate surface area is 131 Å². The predicted octanol–water partition coefficient (Wildman–Crippen LogP) is 4.02. The van der Waals surface area contributed by atoms with E-state index in [4.69, 9.17) is 0 Å². The number of hydrogen-bond donors (Lipinski definition) is 2. The quantitative estimate of drug-likeness (QED) is 0.534. The molecule has 1 amide bonds. The number of carbonyl (C=O) groups is 1. The molecule has 2 atom stereocenters. The SMILES string of the molecule is CCCCCC(CCCC)CC(=O)NCCC1CCCN1. The van der Waals surface area contributed by atoms with Gasteiger partial charge in [-0.05, 0) is 44.6 Å². The number of unbranched alkanes of at least 4 members (excludes halogenated alkanes) is 3. The summed E-state index contributed by atoms with van der Waals surface area (Å²) in [5, 5.41) is 6.61. The Bertz CT molecular complexity index is 262. The molecule has 0 radical (unpaired) electrons. The van der Waals surface area contributed by atoms with E-state index < -0.39 is 0 Å². The van der Waals surface area contributed by atoms with Crippen molar-refractivity contribution in [2.45, 2.75) is 90.5 Å². The van der Waals surface area contributed by atoms with Gasteiger partial charge in [-0.2, -0.15) is 0 Å². The Morgan fingerprint density at radius 3 is 2.62 bits per heavy atom. The van der Waals surface area contributed by atoms with Crippen LogP contribution in [0.3, 0.4) is 0 Å². The molecule has 1 aliphatic rings. The van der Waals surface area contributed by atoms with Gasteiger partial charge in [-0.3, -0.25) is 4.79 Å². The number of amides is 1. The Hall–Kier alpha value is -0.570. The van der Waals surface area contributed by atoms with Crippen LogP contribution >= 0.6 is 0 Å². The van der Waals surface area contributed by atoms with Gasteiger partial charge in [0.25, 0.3) is 0 Å². The molecule has 0 aliphatic carbocycles. The zero-order valence-electron chi connectivity index (χ0n) is 14.3. The van der Waals surface area contributed by atoms with Crippen LogP contribution in [-0.2, 0) is 4.79 Å². The van der Waals surface area contributed by atoms with Crippen molar-refractivity contribution in [1.29, 1.82) is 0 Å². The first-order valence-electron chi connectivity index (χ1n) is 9.26. The van der Waals surface area contributed by atoms with E-state index in [0.717, 1.165) is 25.9 Å². The third-order valence-electron chi connectivity index (χ3n) is 4.63. The summed E-state index contributed by atoms with van der Waals surface area (Å²) in [4.78, 5) is 12.1. The summed E-state index contributed by atoms with van der Waals surface area (Å²) < 4.78 is 0. The van der Waals surface area contributed by atoms with Crippen molar-refractivity contribution in [3.8, 4) is 0 Å². The van der Waals surface area contributed by atoms with Crippen molar-refractivity contribution in [3.63, 3.8) is 0 Å². The van der Waals surface area contributed by atoms with E-state index in [0.29, 0.717) is 12.0 Å². The average molecular weight is 296 g/mol. The third-order valence-corrected chi connectivity index (χ3v) is 4.63. The van der Waals surface area contributed by atoms with Crippen LogP contribution < -0.4 is 10.6 Å². The van der Waals surface area contributed by atoms with Gasteiger partial charge in [0, 0.05) is 19.0 Å². The highest BCUT2D eigenvalue weighted by molar-refractivity contribution is 5.76. The van der Waals surface area contributed by atoms with Crippen LogP contribution in [0, 0.1) is 5.92 Å². The smallest absolute Gasteiger partial charge is 0.220 e. The molecule has 0 spiro atoms. The van der Waals surface area contributed by atoms with Crippen molar-refractivity contribution in [1.82, 2.24) is 10.6 Å². The van der Waals surface area contributed by atoms with E-state index in [9.17, 15) is 4.79 Å². The van der Waals surface area contributed by atoms with Gasteiger partial charge in [-0.1, -0.05) is 46.0 Å². The summed E-state index contributed by atoms with van der Waals surface area (Å²) >= 11 is 0. The minimum Gasteiger partial charge on any atom is -0.356 e. The van der Waals surface area contributed by atoms with Crippen LogP contribution in [0.25, 0.3) is 0 Å². The lowest BCUT2D eigenvalue weighted by Gasteiger charge is -2.17. The molecule has 0 aromatic carbocycles. The minimum absolute atomic E-state index is 0.269. The Balaban J connectivity index is 2.15. The molecule has 21 heavy (non-hydrogen) atoms. The lowest BCUT2D eigenvalue weighted by atomic mass is 9.92. The van der Waals surface area contributed by atoms with Gasteiger partial charge in [0.05, 0.1) is 0 Å². The minimum atomic E-state index is 0.269. The molecule has 2 unspecified atom stereocenters. The number of nitrogens with one attached hydrogen (secondary N) is 2. The first-order chi connectivity index (χ1) is 10.3. The molecule has 1 fully saturated rings. The zero-order valence-corrected chi connectivity index (χ0v) is 14.3. The molecule has 0 bridgehead atoms. The normalized spacial score (nSPS) is 19.6. The van der Waals surface area contributed by atoms with Crippen molar-refractivity contribution in [3.05, 3.63) is 0 Å². The van der Waals surface area contributed by atoms with E-state index in [1.807, 2.05) is 0 Å². The van der Waals surface area contributed by atoms with Crippen LogP contribution in [0.2, 0.25) is 0 Å². The summed E-state index contributed by atoms with van der Waals surface area (Å²) in [5.74, 6) is 0.867. The summed E-state index contributed by atoms with van der Waals surface area (Å²) in [6.45, 7) is 6.46. The second-order valence-electron chi connectivity index (χ2n) is 6.64. The molecule has 0 saturated carbocycles. The maximum absolute atomic E-state index is 12.1. The van der Waals surface area contributed by atoms with Gasteiger partial charge in [-0.15, -0.1) is 0 Å². The number of carbonyl (C=O) groups excluding carboxylic acids is 1. The first kappa shape index (κ1) is 18.5. The van der Waals surface area contributed by atoms with E-state index in [-0.39, 0.29) is 5.91 Å². The van der Waals surface area contributed by atoms with Gasteiger partial charge in [0.15, 0.2) is 0 Å². The lowest BCUT2D eigenvalue weighted by molar-refractivity contribution is -0.122. The maximum atomic E-state index is 12.1. The fourth-order valence-corrected chi connectivity index (χ4v) is 3.25. The van der Waals surface area contributed by atoms with Gasteiger partial charge in [0.1, 0.15) is 0 Å². The maximum Gasteiger partial charge on any atom is 0.220 e. The van der Waals surface area contributed by atoms with Crippen molar-refractivity contribution < 1.29 is 4.79 Å². The highest BCUT2D eigenvalue weighted by Gasteiger charge is 2.15. The summed E-state index contributed by atoms with van der Waals surface area (Å²) in [7, 11) is 0. The zero-order chi connectivity index (χ0) is 15.3. The average Bonchev–Trinajstić information content (AvgIpc) is 2.98. The molecule has 124 valence electrons. The molecular weight excluding hydrogens is 260 g/mol. The molecule has 2 N–H and O–H groups in total. The first-order valence-corrected chi connectivity index (χ1v) is 9.26. The highest BCUT2D eigenvalue weighted by atomic mass is 16.1. The third kappa shape index (κ3) is 9.13. The second kappa shape index (κ2) is 12.0. The monoisotopic (exact) mass is 296 g/mol. The van der Waals surface area contributed by atoms with E-state index in [1.165, 1.54) is 57.8 Å². The Morgan fingerprint density at radius 1 is 1.19 bits per heavy atom. The molecule has 1 rings (SSSR count). The second-order valence-corrected chi connectivity index (χ2v) is 6.64. The van der Waals surface area contributed by atoms with E-state index in [2.05, 4.69) is 24.5 Å². The van der Waals surface area contributed by atoms with Crippen LogP contribution in [-0.4, -0.2) is 25.0 Å². The Morgan fingerprint density at radius 2 is 1.95 bits per heavy atom. The van der Waals surface area contributed by atoms with Gasteiger partial charge < -0.3 is 10.6 Å². The molecular formula is C18H36N2O. The van der Waals surface area contributed by atoms with Crippen LogP contribution in [0.5, 0.6) is 0 Å². The van der Waals surface area contributed by atoms with Gasteiger partial charge in [-0.25, -0.2) is 0 Å². The Kier molecular flexibility index (Phi) is 10.6. The van der Waals surface area contributed by atoms with E-state index >= 15 is 0 Å². The fourth-order valence-electron chi connectivity index (χ4n) is 3.25. The van der Waals surface area contributed by atoms with Crippen molar-refractivity contribution >= 4 is 5.91 Å². The van der Waals surface area contributed by atoms with Crippen LogP contribution in [0.4, 0.5) is 0 Å². The molecule has 3 heteroatoms. The van der Waals surface area contributed by atoms with Gasteiger partial charge in [0.2, 0.25) is 5.91 Å². The molecule has 1 saturated heterocycles. The highest BCUT2D eigenvalue weighted by Crippen LogP contribution is 2.20. The largest absolute Gasteiger partial charge is 0.356 e. The molecule has 0 aromatic heterocycles. The summed E-state index contributed by atoms with van der Waals surface area (Å²) in [6.07, 6.45) is 13.2. The van der Waals surface area contributed by atoms with Crippen LogP contribution in [0.1, 0.15) is 84.5 Å². The molecule has 1 aliphatic heterocycles. The fraction of sp³-hybridized carbons (Fsp3) is 0.944. The van der Waals surface area contributed by atoms with Gasteiger partial charge >= 0.3 is 0 Å². The van der Waals surface area contributed by atoms with E-state index in [1.54, 1.807) is 0 Å². The number of hydrogen-bond acceptors (Lipinski definition) is 2. The number of rotatable bonds is 12. The van der Waals surface area contributed by atoms with Crippen molar-refractivity contribution in [2.24, 2.45) is 5.92 Å². The molecule has 3 nitrogen and oxygen atoms in total. The molecule has 0 aromatic rings. The predicted molar refractivity (Wildman–Crippen MR) is 90.4 cm³/mol. The standard InChI is InChI=1S/C18H36N2O/c1-3-5-7-10-16(9-6-4-2)15-18(21)20-14-12-17-11-8-13-19-17/h16-17,19H,3-15H2,1-2H3,(H,20,21). The molecule has 1 heterocycles. The lowest BCUT2D eigenvalue weighted by Crippen LogP contribution is -2.31.